The smallest absolute Gasteiger partial charge is 0.243 e. The molecule has 1 saturated heterocycles. The Morgan fingerprint density at radius 2 is 1.67 bits per heavy atom. The Kier molecular flexibility index (Phi) is 12.0. The molecule has 1 heterocycles. The molecule has 228 valence electrons. The van der Waals surface area contributed by atoms with E-state index in [-0.39, 0.29) is 43.5 Å². The van der Waals surface area contributed by atoms with Gasteiger partial charge in [-0.15, -0.1) is 0 Å². The fourth-order valence-electron chi connectivity index (χ4n) is 5.17. The van der Waals surface area contributed by atoms with Crippen LogP contribution in [0.1, 0.15) is 50.5 Å². The number of halogens is 1. The summed E-state index contributed by atoms with van der Waals surface area (Å²) in [5.41, 5.74) is 22.4. The van der Waals surface area contributed by atoms with E-state index in [0.29, 0.717) is 61.5 Å². The molecule has 2 aromatic carbocycles. The van der Waals surface area contributed by atoms with E-state index in [0.717, 1.165) is 0 Å². The fraction of sp³-hybridized carbons (Fsp3) is 0.483. The van der Waals surface area contributed by atoms with Gasteiger partial charge in [-0.05, 0) is 68.5 Å². The minimum Gasteiger partial charge on any atom is -0.370 e. The lowest BCUT2D eigenvalue weighted by molar-refractivity contribution is -0.139. The molecular formula is C29H41FN8O4. The van der Waals surface area contributed by atoms with Crippen molar-refractivity contribution < 1.29 is 23.6 Å². The number of nitrogens with one attached hydrogen (secondary N) is 2. The number of rotatable bonds is 15. The molecule has 3 rings (SSSR count). The Bertz CT molecular complexity index is 1300. The van der Waals surface area contributed by atoms with Crippen molar-refractivity contribution in [2.75, 3.05) is 19.6 Å². The van der Waals surface area contributed by atoms with Gasteiger partial charge in [0.1, 0.15) is 23.9 Å². The van der Waals surface area contributed by atoms with Gasteiger partial charge in [0.25, 0.3) is 0 Å². The lowest BCUT2D eigenvalue weighted by atomic mass is 10.0. The van der Waals surface area contributed by atoms with Gasteiger partial charge in [-0.25, -0.2) is 4.39 Å². The first kappa shape index (κ1) is 32.3. The number of fused-ring (bicyclic) bond motifs is 1. The molecule has 4 amide bonds. The molecule has 0 radical (unpaired) electrons. The summed E-state index contributed by atoms with van der Waals surface area (Å²) in [5, 5.41) is 6.49. The fourth-order valence-corrected chi connectivity index (χ4v) is 5.17. The highest BCUT2D eigenvalue weighted by atomic mass is 19.1. The van der Waals surface area contributed by atoms with Crippen LogP contribution in [-0.4, -0.2) is 72.2 Å². The van der Waals surface area contributed by atoms with E-state index >= 15 is 0 Å². The Morgan fingerprint density at radius 3 is 2.36 bits per heavy atom. The molecule has 10 N–H and O–H groups in total. The zero-order valence-electron chi connectivity index (χ0n) is 23.7. The summed E-state index contributed by atoms with van der Waals surface area (Å²) < 4.78 is 14.3. The number of amides is 4. The Hall–Kier alpha value is -4.26. The van der Waals surface area contributed by atoms with Crippen LogP contribution >= 0.6 is 0 Å². The van der Waals surface area contributed by atoms with Crippen molar-refractivity contribution in [3.05, 3.63) is 47.8 Å². The van der Waals surface area contributed by atoms with Gasteiger partial charge in [-0.3, -0.25) is 24.2 Å². The molecule has 0 spiro atoms. The van der Waals surface area contributed by atoms with Gasteiger partial charge in [0.15, 0.2) is 5.96 Å². The van der Waals surface area contributed by atoms with Crippen LogP contribution in [0.3, 0.4) is 0 Å². The van der Waals surface area contributed by atoms with Crippen molar-refractivity contribution in [3.63, 3.8) is 0 Å². The van der Waals surface area contributed by atoms with Crippen LogP contribution in [0.2, 0.25) is 0 Å². The second-order valence-corrected chi connectivity index (χ2v) is 10.4. The van der Waals surface area contributed by atoms with Crippen molar-refractivity contribution in [1.29, 1.82) is 0 Å². The molecule has 1 fully saturated rings. The molecule has 1 aliphatic rings. The number of carbonyl (C=O) groups is 4. The minimum absolute atomic E-state index is 0.00509. The van der Waals surface area contributed by atoms with Gasteiger partial charge in [0.2, 0.25) is 23.6 Å². The minimum atomic E-state index is -0.976. The first-order valence-corrected chi connectivity index (χ1v) is 14.2. The summed E-state index contributed by atoms with van der Waals surface area (Å²) in [7, 11) is 0. The molecule has 0 aromatic heterocycles. The second kappa shape index (κ2) is 15.7. The van der Waals surface area contributed by atoms with E-state index in [1.165, 1.54) is 11.0 Å². The van der Waals surface area contributed by atoms with Crippen molar-refractivity contribution >= 4 is 40.4 Å². The molecule has 13 heteroatoms. The lowest BCUT2D eigenvalue weighted by Crippen LogP contribution is -2.56. The van der Waals surface area contributed by atoms with Crippen LogP contribution in [0, 0.1) is 5.82 Å². The normalized spacial score (nSPS) is 16.0. The number of carbonyl (C=O) groups excluding carboxylic acids is 4. The second-order valence-electron chi connectivity index (χ2n) is 10.4. The predicted molar refractivity (Wildman–Crippen MR) is 158 cm³/mol. The van der Waals surface area contributed by atoms with E-state index in [1.54, 1.807) is 30.3 Å². The maximum absolute atomic E-state index is 14.3. The largest absolute Gasteiger partial charge is 0.370 e. The molecule has 1 aliphatic heterocycles. The lowest BCUT2D eigenvalue weighted by Gasteiger charge is -2.27. The number of hydrogen-bond acceptors (Lipinski definition) is 6. The molecule has 0 saturated carbocycles. The van der Waals surface area contributed by atoms with Gasteiger partial charge in [-0.1, -0.05) is 30.3 Å². The van der Waals surface area contributed by atoms with Gasteiger partial charge in [-0.2, -0.15) is 0 Å². The number of nitrogens with zero attached hydrogens (tertiary/aromatic N) is 2. The number of nitrogens with two attached hydrogens (primary N) is 4. The number of likely N-dealkylation sites (tertiary alicyclic amines) is 1. The van der Waals surface area contributed by atoms with E-state index in [4.69, 9.17) is 22.9 Å². The summed E-state index contributed by atoms with van der Waals surface area (Å²) in [4.78, 5) is 57.4. The SMILES string of the molecule is NCCCCC(NC(=O)C1CCCN1C(=O)Cc1ccc(F)c2ccccc12)C(=O)NC(CCCN=C(N)N)C(N)=O. The van der Waals surface area contributed by atoms with E-state index in [2.05, 4.69) is 15.6 Å². The van der Waals surface area contributed by atoms with Gasteiger partial charge in [0.05, 0.1) is 6.42 Å². The van der Waals surface area contributed by atoms with Crippen LogP contribution in [0.4, 0.5) is 4.39 Å². The maximum Gasteiger partial charge on any atom is 0.243 e. The summed E-state index contributed by atoms with van der Waals surface area (Å²) in [5.74, 6) is -2.45. The number of benzene rings is 2. The van der Waals surface area contributed by atoms with E-state index in [1.807, 2.05) is 0 Å². The van der Waals surface area contributed by atoms with Crippen molar-refractivity contribution in [3.8, 4) is 0 Å². The Morgan fingerprint density at radius 1 is 0.952 bits per heavy atom. The molecule has 3 atom stereocenters. The van der Waals surface area contributed by atoms with Gasteiger partial charge in [0, 0.05) is 18.5 Å². The van der Waals surface area contributed by atoms with E-state index in [9.17, 15) is 23.6 Å². The highest BCUT2D eigenvalue weighted by Crippen LogP contribution is 2.25. The third-order valence-electron chi connectivity index (χ3n) is 7.36. The highest BCUT2D eigenvalue weighted by Gasteiger charge is 2.36. The van der Waals surface area contributed by atoms with Crippen LogP contribution in [0.5, 0.6) is 0 Å². The standard InChI is InChI=1S/C29H41FN8O4/c30-21-13-12-18(19-7-1-2-8-20(19)21)17-25(39)38-16-6-11-24(38)28(42)37-23(9-3-4-14-31)27(41)36-22(26(32)40)10-5-15-35-29(33)34/h1-2,7-8,12-13,22-24H,3-6,9-11,14-17,31H2,(H2,32,40)(H,36,41)(H,37,42)(H4,33,34,35). The first-order valence-electron chi connectivity index (χ1n) is 14.2. The van der Waals surface area contributed by atoms with Crippen molar-refractivity contribution in [2.24, 2.45) is 27.9 Å². The summed E-state index contributed by atoms with van der Waals surface area (Å²) in [6.45, 7) is 1.07. The molecule has 2 aromatic rings. The molecular weight excluding hydrogens is 543 g/mol. The van der Waals surface area contributed by atoms with Crippen molar-refractivity contribution in [1.82, 2.24) is 15.5 Å². The topological polar surface area (TPSA) is 212 Å². The molecule has 42 heavy (non-hydrogen) atoms. The summed E-state index contributed by atoms with van der Waals surface area (Å²) in [6, 6.07) is 7.17. The number of unbranched alkanes of at least 4 members (excludes halogenated alkanes) is 1. The van der Waals surface area contributed by atoms with Gasteiger partial charge >= 0.3 is 0 Å². The molecule has 3 unspecified atom stereocenters. The number of primary amides is 1. The summed E-state index contributed by atoms with van der Waals surface area (Å²) in [6.07, 6.45) is 3.16. The monoisotopic (exact) mass is 584 g/mol. The summed E-state index contributed by atoms with van der Waals surface area (Å²) >= 11 is 0. The number of hydrogen-bond donors (Lipinski definition) is 6. The van der Waals surface area contributed by atoms with Crippen LogP contribution in [0.15, 0.2) is 41.4 Å². The third kappa shape index (κ3) is 8.87. The average molecular weight is 585 g/mol. The molecule has 0 bridgehead atoms. The predicted octanol–water partition coefficient (Wildman–Crippen LogP) is 0.150. The van der Waals surface area contributed by atoms with Crippen LogP contribution < -0.4 is 33.6 Å². The zero-order valence-corrected chi connectivity index (χ0v) is 23.7. The maximum atomic E-state index is 14.3. The quantitative estimate of drug-likeness (QED) is 0.0967. The third-order valence-corrected chi connectivity index (χ3v) is 7.36. The molecule has 0 aliphatic carbocycles. The van der Waals surface area contributed by atoms with Gasteiger partial charge < -0.3 is 38.5 Å². The average Bonchev–Trinajstić information content (AvgIpc) is 3.46. The number of aliphatic imine (C=N–C) groups is 1. The Balaban J connectivity index is 1.68. The van der Waals surface area contributed by atoms with Crippen molar-refractivity contribution in [2.45, 2.75) is 69.5 Å². The highest BCUT2D eigenvalue weighted by molar-refractivity contribution is 5.95. The van der Waals surface area contributed by atoms with Crippen LogP contribution in [0.25, 0.3) is 10.8 Å². The van der Waals surface area contributed by atoms with Crippen LogP contribution in [-0.2, 0) is 25.6 Å². The Labute approximate surface area is 244 Å². The molecule has 12 nitrogen and oxygen atoms in total. The number of guanidine groups is 1. The first-order chi connectivity index (χ1) is 20.1. The van der Waals surface area contributed by atoms with E-state index < -0.39 is 35.8 Å². The zero-order chi connectivity index (χ0) is 30.6.